The number of nitrogens with zero attached hydrogens (tertiary/aromatic N) is 2. The van der Waals surface area contributed by atoms with Crippen molar-refractivity contribution in [2.24, 2.45) is 11.8 Å². The molecule has 0 bridgehead atoms. The molecule has 2 N–H and O–H groups in total. The second-order valence-corrected chi connectivity index (χ2v) is 12.5. The van der Waals surface area contributed by atoms with E-state index < -0.39 is 45.3 Å². The van der Waals surface area contributed by atoms with Gasteiger partial charge in [-0.2, -0.15) is 17.5 Å². The fourth-order valence-corrected chi connectivity index (χ4v) is 6.92. The van der Waals surface area contributed by atoms with E-state index >= 15 is 0 Å². The van der Waals surface area contributed by atoms with Crippen molar-refractivity contribution in [1.29, 1.82) is 0 Å². The van der Waals surface area contributed by atoms with Crippen LogP contribution >= 0.6 is 0 Å². The number of sulfonamides is 1. The first kappa shape index (κ1) is 28.2. The summed E-state index contributed by atoms with van der Waals surface area (Å²) >= 11 is 0. The highest BCUT2D eigenvalue weighted by atomic mass is 32.2. The summed E-state index contributed by atoms with van der Waals surface area (Å²) in [6.45, 7) is 7.41. The lowest BCUT2D eigenvalue weighted by Gasteiger charge is -2.39. The summed E-state index contributed by atoms with van der Waals surface area (Å²) in [6.07, 6.45) is -3.45. The van der Waals surface area contributed by atoms with Crippen molar-refractivity contribution in [3.63, 3.8) is 0 Å². The molecule has 1 aliphatic heterocycles. The Morgan fingerprint density at radius 1 is 1.14 bits per heavy atom. The molecule has 1 aliphatic carbocycles. The number of nitrogens with one attached hydrogen (secondary N) is 1. The normalized spacial score (nSPS) is 23.8. The van der Waals surface area contributed by atoms with Crippen molar-refractivity contribution in [3.8, 4) is 0 Å². The fourth-order valence-electron chi connectivity index (χ4n) is 5.38. The number of fused-ring (bicyclic) bond motifs is 1. The van der Waals surface area contributed by atoms with Crippen LogP contribution in [0, 0.1) is 11.8 Å². The Hall–Kier alpha value is -2.34. The highest BCUT2D eigenvalue weighted by molar-refractivity contribution is 7.89. The number of alkyl halides is 3. The van der Waals surface area contributed by atoms with Gasteiger partial charge in [-0.05, 0) is 76.1 Å². The first-order valence-corrected chi connectivity index (χ1v) is 13.5. The molecule has 12 heteroatoms. The Balaban J connectivity index is 1.73. The van der Waals surface area contributed by atoms with Gasteiger partial charge in [0.2, 0.25) is 15.9 Å². The van der Waals surface area contributed by atoms with E-state index in [1.165, 1.54) is 4.31 Å². The topological polar surface area (TPSA) is 107 Å². The highest BCUT2D eigenvalue weighted by Crippen LogP contribution is 2.40. The molecule has 0 aromatic heterocycles. The van der Waals surface area contributed by atoms with Crippen molar-refractivity contribution >= 4 is 22.0 Å². The molecule has 2 aliphatic rings. The average molecular weight is 534 g/mol. The zero-order valence-electron chi connectivity index (χ0n) is 20.9. The van der Waals surface area contributed by atoms with Crippen LogP contribution < -0.4 is 5.32 Å². The molecule has 1 heterocycles. The molecule has 1 saturated carbocycles. The van der Waals surface area contributed by atoms with E-state index in [1.54, 1.807) is 20.8 Å². The number of amides is 2. The molecule has 8 nitrogen and oxygen atoms in total. The molecule has 1 aromatic carbocycles. The molecule has 4 atom stereocenters. The summed E-state index contributed by atoms with van der Waals surface area (Å²) in [4.78, 5) is 26.2. The van der Waals surface area contributed by atoms with E-state index in [-0.39, 0.29) is 35.9 Å². The molecule has 202 valence electrons. The first-order valence-electron chi connectivity index (χ1n) is 12.1. The Morgan fingerprint density at radius 3 is 2.25 bits per heavy atom. The van der Waals surface area contributed by atoms with Gasteiger partial charge in [0, 0.05) is 24.7 Å². The third kappa shape index (κ3) is 5.80. The summed E-state index contributed by atoms with van der Waals surface area (Å²) in [5.41, 5.74) is -1.71. The maximum absolute atomic E-state index is 13.2. The largest absolute Gasteiger partial charge is 0.465 e. The molecule has 2 amide bonds. The standard InChI is InChI=1S/C24H34F3N3O5S/c1-5-6-20(30(22(32)33)23(2,3)4)21(31)28-19-12-7-15-13-29(14-18(15)19)36(34,35)17-10-8-16(9-11-17)24(25,26)27/h8-11,15,18-20H,5-7,12-14H2,1-4H3,(H,28,31)(H,32,33)/t15-,18+,19+,20+/m1/s1. The lowest BCUT2D eigenvalue weighted by Crippen LogP contribution is -2.58. The van der Waals surface area contributed by atoms with E-state index in [1.807, 2.05) is 6.92 Å². The molecule has 1 saturated heterocycles. The molecule has 0 unspecified atom stereocenters. The van der Waals surface area contributed by atoms with E-state index in [2.05, 4.69) is 5.32 Å². The molecular formula is C24H34F3N3O5S. The van der Waals surface area contributed by atoms with E-state index in [0.29, 0.717) is 25.7 Å². The summed E-state index contributed by atoms with van der Waals surface area (Å²) in [6, 6.07) is 2.25. The van der Waals surface area contributed by atoms with Gasteiger partial charge in [-0.3, -0.25) is 9.69 Å². The highest BCUT2D eigenvalue weighted by Gasteiger charge is 2.48. The zero-order valence-corrected chi connectivity index (χ0v) is 21.7. The minimum Gasteiger partial charge on any atom is -0.465 e. The van der Waals surface area contributed by atoms with Gasteiger partial charge in [0.1, 0.15) is 6.04 Å². The van der Waals surface area contributed by atoms with Gasteiger partial charge >= 0.3 is 12.3 Å². The number of hydrogen-bond acceptors (Lipinski definition) is 4. The number of hydrogen-bond donors (Lipinski definition) is 2. The lowest BCUT2D eigenvalue weighted by atomic mass is 9.96. The van der Waals surface area contributed by atoms with Gasteiger partial charge in [-0.15, -0.1) is 0 Å². The molecule has 1 aromatic rings. The number of carboxylic acid groups (broad SMARTS) is 1. The number of carbonyl (C=O) groups excluding carboxylic acids is 1. The van der Waals surface area contributed by atoms with Gasteiger partial charge in [-0.25, -0.2) is 13.2 Å². The van der Waals surface area contributed by atoms with Gasteiger partial charge in [0.25, 0.3) is 0 Å². The molecule has 36 heavy (non-hydrogen) atoms. The Morgan fingerprint density at radius 2 is 1.75 bits per heavy atom. The molecule has 0 spiro atoms. The Bertz CT molecular complexity index is 1070. The van der Waals surface area contributed by atoms with Crippen molar-refractivity contribution < 1.29 is 36.3 Å². The Kier molecular flexibility index (Phi) is 8.00. The molecule has 3 rings (SSSR count). The molecule has 2 fully saturated rings. The number of carbonyl (C=O) groups is 2. The molecular weight excluding hydrogens is 499 g/mol. The minimum atomic E-state index is -4.56. The lowest BCUT2D eigenvalue weighted by molar-refractivity contribution is -0.137. The van der Waals surface area contributed by atoms with E-state index in [9.17, 15) is 36.3 Å². The summed E-state index contributed by atoms with van der Waals surface area (Å²) in [7, 11) is -4.00. The van der Waals surface area contributed by atoms with Crippen LogP contribution in [-0.2, 0) is 21.0 Å². The van der Waals surface area contributed by atoms with E-state index in [4.69, 9.17) is 0 Å². The van der Waals surface area contributed by atoms with Crippen LogP contribution in [0.5, 0.6) is 0 Å². The second-order valence-electron chi connectivity index (χ2n) is 10.6. The van der Waals surface area contributed by atoms with Gasteiger partial charge < -0.3 is 10.4 Å². The van der Waals surface area contributed by atoms with Crippen LogP contribution in [0.2, 0.25) is 0 Å². The predicted molar refractivity (Wildman–Crippen MR) is 127 cm³/mol. The monoisotopic (exact) mass is 533 g/mol. The van der Waals surface area contributed by atoms with Crippen LogP contribution in [0.1, 0.15) is 58.9 Å². The number of halogens is 3. The van der Waals surface area contributed by atoms with E-state index in [0.717, 1.165) is 29.2 Å². The third-order valence-electron chi connectivity index (χ3n) is 7.08. The van der Waals surface area contributed by atoms with Crippen molar-refractivity contribution in [2.45, 2.75) is 82.1 Å². The summed E-state index contributed by atoms with van der Waals surface area (Å²) < 4.78 is 66.1. The van der Waals surface area contributed by atoms with Crippen molar-refractivity contribution in [1.82, 2.24) is 14.5 Å². The number of benzene rings is 1. The SMILES string of the molecule is CCC[C@@H](C(=O)N[C@H]1CC[C@@H]2CN(S(=O)(=O)c3ccc(C(F)(F)F)cc3)C[C@@H]21)N(C(=O)O)C(C)(C)C. The van der Waals surface area contributed by atoms with Crippen LogP contribution in [0.25, 0.3) is 0 Å². The second kappa shape index (κ2) is 10.2. The zero-order chi connectivity index (χ0) is 27.1. The first-order chi connectivity index (χ1) is 16.6. The number of rotatable bonds is 7. The van der Waals surface area contributed by atoms with Crippen LogP contribution in [-0.4, -0.2) is 65.4 Å². The van der Waals surface area contributed by atoms with Crippen LogP contribution in [0.4, 0.5) is 18.0 Å². The van der Waals surface area contributed by atoms with Gasteiger partial charge in [-0.1, -0.05) is 13.3 Å². The third-order valence-corrected chi connectivity index (χ3v) is 8.92. The smallest absolute Gasteiger partial charge is 0.416 e. The summed E-state index contributed by atoms with van der Waals surface area (Å²) in [5, 5.41) is 12.8. The summed E-state index contributed by atoms with van der Waals surface area (Å²) in [5.74, 6) is -0.556. The maximum Gasteiger partial charge on any atom is 0.416 e. The minimum absolute atomic E-state index is 0.00217. The predicted octanol–water partition coefficient (Wildman–Crippen LogP) is 4.17. The maximum atomic E-state index is 13.2. The molecule has 0 radical (unpaired) electrons. The average Bonchev–Trinajstić information content (AvgIpc) is 3.34. The van der Waals surface area contributed by atoms with Crippen LogP contribution in [0.15, 0.2) is 29.2 Å². The van der Waals surface area contributed by atoms with Gasteiger partial charge in [0.15, 0.2) is 0 Å². The Labute approximate surface area is 209 Å². The van der Waals surface area contributed by atoms with Crippen molar-refractivity contribution in [2.75, 3.05) is 13.1 Å². The fraction of sp³-hybridized carbons (Fsp3) is 0.667. The van der Waals surface area contributed by atoms with Crippen LogP contribution in [0.3, 0.4) is 0 Å². The van der Waals surface area contributed by atoms with Crippen molar-refractivity contribution in [3.05, 3.63) is 29.8 Å². The van der Waals surface area contributed by atoms with Gasteiger partial charge in [0.05, 0.1) is 10.5 Å². The quantitative estimate of drug-likeness (QED) is 0.547.